The second kappa shape index (κ2) is 34.4. The van der Waals surface area contributed by atoms with Crippen molar-refractivity contribution in [2.75, 3.05) is 39.5 Å². The molecule has 0 aliphatic heterocycles. The first-order valence-electron chi connectivity index (χ1n) is 21.9. The molecule has 6 atom stereocenters. The van der Waals surface area contributed by atoms with E-state index in [1.165, 1.54) is 19.1 Å². The van der Waals surface area contributed by atoms with Crippen molar-refractivity contribution in [2.24, 2.45) is 34.0 Å². The van der Waals surface area contributed by atoms with Crippen molar-refractivity contribution in [2.45, 2.75) is 148 Å². The Bertz CT molecular complexity index is 1460. The number of nitrogens with one attached hydrogen (secondary N) is 6. The molecule has 0 aliphatic rings. The summed E-state index contributed by atoms with van der Waals surface area (Å²) >= 11 is 0. The largest absolute Gasteiger partial charge is 0.481 e. The molecule has 0 heterocycles. The standard InChI is InChI=1S/C43H78N10O10/c1-8-17-62-26-34(22-39(57)50-33(19-28(3)4)24-42(60)61)51-38(56)21-32(13-10-11-15-44)49-41(59)25-36(29(5)6)53-40(58)23-35(27-63-18-9-2)52-37(55)20-31(48-30(7)54)14-12-16-47-43(45)46/h8-9,28-29,31-36H,1-2,10-27,44H2,3-7H3,(H,48,54)(H,49,59)(H,50,57)(H,51,56)(H,52,55)(H,53,58)(H,60,61)(H4,45,46,47)/t31-,32-,33+,34+,35+,36+/m0/s1. The second-order valence-corrected chi connectivity index (χ2v) is 16.5. The highest BCUT2D eigenvalue weighted by Crippen LogP contribution is 2.13. The Morgan fingerprint density at radius 1 is 0.619 bits per heavy atom. The number of rotatable bonds is 37. The summed E-state index contributed by atoms with van der Waals surface area (Å²) < 4.78 is 11.1. The van der Waals surface area contributed by atoms with Crippen molar-refractivity contribution in [3.63, 3.8) is 0 Å². The maximum Gasteiger partial charge on any atom is 0.305 e. The summed E-state index contributed by atoms with van der Waals surface area (Å²) in [6.07, 6.45) is 5.34. The molecule has 0 fully saturated rings. The molecule has 0 unspecified atom stereocenters. The van der Waals surface area contributed by atoms with Gasteiger partial charge in [-0.05, 0) is 50.5 Å². The topological polar surface area (TPSA) is 321 Å². The zero-order chi connectivity index (χ0) is 47.7. The molecular formula is C43H78N10O10. The normalized spacial score (nSPS) is 13.9. The highest BCUT2D eigenvalue weighted by molar-refractivity contribution is 5.84. The van der Waals surface area contributed by atoms with Crippen molar-refractivity contribution in [1.29, 1.82) is 0 Å². The summed E-state index contributed by atoms with van der Waals surface area (Å²) in [5.74, 6) is -3.57. The minimum absolute atomic E-state index is 0.00482. The van der Waals surface area contributed by atoms with E-state index in [2.05, 4.69) is 50.1 Å². The zero-order valence-electron chi connectivity index (χ0n) is 38.2. The molecule has 0 saturated carbocycles. The summed E-state index contributed by atoms with van der Waals surface area (Å²) in [5, 5.41) is 26.4. The Balaban J connectivity index is 5.78. The number of guanidine groups is 1. The molecule has 360 valence electrons. The number of hydrogen-bond acceptors (Lipinski definition) is 11. The molecule has 0 aromatic carbocycles. The van der Waals surface area contributed by atoms with Gasteiger partial charge in [-0.25, -0.2) is 0 Å². The van der Waals surface area contributed by atoms with Crippen LogP contribution in [-0.4, -0.2) is 128 Å². The Kier molecular flexibility index (Phi) is 31.6. The number of nitrogens with two attached hydrogens (primary N) is 3. The lowest BCUT2D eigenvalue weighted by Crippen LogP contribution is -2.49. The van der Waals surface area contributed by atoms with Crippen LogP contribution in [-0.2, 0) is 43.0 Å². The van der Waals surface area contributed by atoms with Gasteiger partial charge in [-0.15, -0.1) is 13.2 Å². The van der Waals surface area contributed by atoms with Gasteiger partial charge in [0.1, 0.15) is 0 Å². The predicted octanol–water partition coefficient (Wildman–Crippen LogP) is 0.630. The van der Waals surface area contributed by atoms with Crippen LogP contribution in [0.3, 0.4) is 0 Å². The summed E-state index contributed by atoms with van der Waals surface area (Å²) in [6, 6.07) is -3.79. The number of amides is 6. The molecule has 0 rings (SSSR count). The number of carboxylic acids is 1. The number of carbonyl (C=O) groups is 7. The summed E-state index contributed by atoms with van der Waals surface area (Å²) in [5.41, 5.74) is 16.5. The van der Waals surface area contributed by atoms with Crippen LogP contribution in [0.5, 0.6) is 0 Å². The fourth-order valence-corrected chi connectivity index (χ4v) is 6.64. The second-order valence-electron chi connectivity index (χ2n) is 16.5. The van der Waals surface area contributed by atoms with Gasteiger partial charge in [0, 0.05) is 69.7 Å². The molecule has 0 spiro atoms. The number of ether oxygens (including phenoxy) is 2. The van der Waals surface area contributed by atoms with Crippen LogP contribution in [0.25, 0.3) is 0 Å². The van der Waals surface area contributed by atoms with Crippen molar-refractivity contribution >= 4 is 47.4 Å². The summed E-state index contributed by atoms with van der Waals surface area (Å²) in [6.45, 7) is 17.2. The molecule has 0 bridgehead atoms. The first-order valence-corrected chi connectivity index (χ1v) is 21.9. The smallest absolute Gasteiger partial charge is 0.305 e. The number of aliphatic carboxylic acids is 1. The third kappa shape index (κ3) is 32.3. The number of carbonyl (C=O) groups excluding carboxylic acids is 6. The minimum Gasteiger partial charge on any atom is -0.481 e. The Hall–Kier alpha value is -5.08. The fraction of sp³-hybridized carbons (Fsp3) is 0.721. The molecular weight excluding hydrogens is 817 g/mol. The van der Waals surface area contributed by atoms with E-state index < -0.39 is 71.8 Å². The van der Waals surface area contributed by atoms with Crippen LogP contribution in [0.1, 0.15) is 112 Å². The van der Waals surface area contributed by atoms with Gasteiger partial charge >= 0.3 is 5.97 Å². The molecule has 0 aromatic rings. The third-order valence-electron chi connectivity index (χ3n) is 9.45. The van der Waals surface area contributed by atoms with Gasteiger partial charge in [0.2, 0.25) is 35.4 Å². The molecule has 0 aliphatic carbocycles. The molecule has 0 radical (unpaired) electrons. The lowest BCUT2D eigenvalue weighted by atomic mass is 9.99. The summed E-state index contributed by atoms with van der Waals surface area (Å²) in [7, 11) is 0. The SMILES string of the molecule is C=CCOC[C@@H](CC(=O)N[C@@H](CC(=O)O)CC(C)C)NC(=O)C[C@H](CCCCN)NC(=O)C[C@@H](NC(=O)C[C@H](COCC=C)NC(=O)C[C@H](CCCN=C(N)N)NC(C)=O)C(C)C. The number of aliphatic imine (C=N–C) groups is 1. The van der Waals surface area contributed by atoms with Gasteiger partial charge in [0.25, 0.3) is 0 Å². The zero-order valence-corrected chi connectivity index (χ0v) is 38.2. The van der Waals surface area contributed by atoms with E-state index in [1.807, 2.05) is 27.7 Å². The number of nitrogens with zero attached hydrogens (tertiary/aromatic N) is 1. The maximum atomic E-state index is 13.5. The predicted molar refractivity (Wildman–Crippen MR) is 242 cm³/mol. The molecule has 20 nitrogen and oxygen atoms in total. The minimum atomic E-state index is -1.04. The van der Waals surface area contributed by atoms with Crippen LogP contribution in [0.2, 0.25) is 0 Å². The van der Waals surface area contributed by atoms with E-state index in [1.54, 1.807) is 0 Å². The summed E-state index contributed by atoms with van der Waals surface area (Å²) in [4.78, 5) is 93.7. The van der Waals surface area contributed by atoms with Crippen molar-refractivity contribution in [3.05, 3.63) is 25.3 Å². The average Bonchev–Trinajstić information content (AvgIpc) is 3.15. The molecule has 0 saturated heterocycles. The number of hydrogen-bond donors (Lipinski definition) is 10. The Morgan fingerprint density at radius 3 is 1.51 bits per heavy atom. The van der Waals surface area contributed by atoms with Gasteiger partial charge < -0.3 is 63.7 Å². The fourth-order valence-electron chi connectivity index (χ4n) is 6.64. The lowest BCUT2D eigenvalue weighted by molar-refractivity contribution is -0.138. The van der Waals surface area contributed by atoms with E-state index in [-0.39, 0.29) is 88.7 Å². The maximum absolute atomic E-state index is 13.5. The van der Waals surface area contributed by atoms with Gasteiger partial charge in [0.05, 0.1) is 44.9 Å². The first-order chi connectivity index (χ1) is 29.8. The molecule has 0 aromatic heterocycles. The van der Waals surface area contributed by atoms with Gasteiger partial charge in [0.15, 0.2) is 5.96 Å². The molecule has 13 N–H and O–H groups in total. The van der Waals surface area contributed by atoms with Crippen LogP contribution < -0.4 is 49.1 Å². The molecule has 20 heteroatoms. The van der Waals surface area contributed by atoms with E-state index in [9.17, 15) is 38.7 Å². The van der Waals surface area contributed by atoms with E-state index >= 15 is 0 Å². The molecule has 63 heavy (non-hydrogen) atoms. The van der Waals surface area contributed by atoms with Crippen molar-refractivity contribution in [3.8, 4) is 0 Å². The highest BCUT2D eigenvalue weighted by Gasteiger charge is 2.27. The number of unbranched alkanes of at least 4 members (excludes halogenated alkanes) is 1. The van der Waals surface area contributed by atoms with Crippen molar-refractivity contribution in [1.82, 2.24) is 31.9 Å². The van der Waals surface area contributed by atoms with Crippen LogP contribution >= 0.6 is 0 Å². The van der Waals surface area contributed by atoms with Crippen molar-refractivity contribution < 1.29 is 48.1 Å². The van der Waals surface area contributed by atoms with Gasteiger partial charge in [-0.2, -0.15) is 0 Å². The van der Waals surface area contributed by atoms with Gasteiger partial charge in [-0.1, -0.05) is 46.3 Å². The van der Waals surface area contributed by atoms with Crippen LogP contribution in [0, 0.1) is 11.8 Å². The van der Waals surface area contributed by atoms with E-state index in [4.69, 9.17) is 26.7 Å². The number of carboxylic acid groups (broad SMARTS) is 1. The third-order valence-corrected chi connectivity index (χ3v) is 9.45. The van der Waals surface area contributed by atoms with E-state index in [0.29, 0.717) is 51.6 Å². The lowest BCUT2D eigenvalue weighted by Gasteiger charge is -2.26. The van der Waals surface area contributed by atoms with Crippen LogP contribution in [0.4, 0.5) is 0 Å². The average molecular weight is 895 g/mol. The highest BCUT2D eigenvalue weighted by atomic mass is 16.5. The monoisotopic (exact) mass is 895 g/mol. The quantitative estimate of drug-likeness (QED) is 0.0177. The Morgan fingerprint density at radius 2 is 1.06 bits per heavy atom. The first kappa shape index (κ1) is 57.9. The molecule has 6 amide bonds. The Labute approximate surface area is 373 Å². The van der Waals surface area contributed by atoms with E-state index in [0.717, 1.165) is 0 Å². The van der Waals surface area contributed by atoms with Crippen LogP contribution in [0.15, 0.2) is 30.3 Å². The van der Waals surface area contributed by atoms with Gasteiger partial charge in [-0.3, -0.25) is 38.6 Å².